The molecular weight excluding hydrogens is 791 g/mol. The van der Waals surface area contributed by atoms with E-state index >= 15 is 0 Å². The lowest BCUT2D eigenvalue weighted by Gasteiger charge is -2.31. The highest BCUT2D eigenvalue weighted by atomic mass is 32.1. The second-order valence-electron chi connectivity index (χ2n) is 19.4. The first-order chi connectivity index (χ1) is 31.7. The Morgan fingerprint density at radius 1 is 0.391 bits per heavy atom. The van der Waals surface area contributed by atoms with Crippen LogP contribution < -0.4 is 4.90 Å². The SMILES string of the molecule is c1ccc(N(c2ccc3c(c2)sc2cccc(C4CCCCC4)c23)c2ccc3ccc(C4CCCCC4)cc3c2-c2cccc3ccccc23)c(-c2ccc(C3CCCCC3)cc2)c1. The van der Waals surface area contributed by atoms with Crippen molar-refractivity contribution in [1.29, 1.82) is 0 Å². The van der Waals surface area contributed by atoms with Crippen LogP contribution in [0, 0.1) is 0 Å². The van der Waals surface area contributed by atoms with Gasteiger partial charge in [-0.3, -0.25) is 0 Å². The molecule has 1 aromatic heterocycles. The Balaban J connectivity index is 1.11. The van der Waals surface area contributed by atoms with Gasteiger partial charge in [0.25, 0.3) is 0 Å². The Morgan fingerprint density at radius 3 is 1.81 bits per heavy atom. The van der Waals surface area contributed by atoms with Crippen molar-refractivity contribution in [2.45, 2.75) is 114 Å². The maximum absolute atomic E-state index is 2.63. The minimum absolute atomic E-state index is 0.615. The number of thiophene rings is 1. The van der Waals surface area contributed by atoms with Crippen LogP contribution in [-0.4, -0.2) is 0 Å². The lowest BCUT2D eigenvalue weighted by molar-refractivity contribution is 0.443. The molecule has 8 aromatic carbocycles. The van der Waals surface area contributed by atoms with Crippen LogP contribution in [-0.2, 0) is 0 Å². The van der Waals surface area contributed by atoms with E-state index in [-0.39, 0.29) is 0 Å². The standard InChI is InChI=1S/C62H59NS/c1-4-16-42(17-5-1)44-30-32-47(33-31-44)52-25-12-13-28-57(52)63(50-37-38-55-60(41-50)64-59-29-15-26-53(62(55)59)46-20-8-3-9-21-46)58-39-36-48-34-35-49(43-18-6-2-7-19-43)40-56(48)61(58)54-27-14-23-45-22-10-11-24-51(45)54/h10-15,22-43,46H,1-9,16-21H2. The maximum Gasteiger partial charge on any atom is 0.0546 e. The van der Waals surface area contributed by atoms with Crippen LogP contribution in [0.25, 0.3) is 64.0 Å². The molecule has 1 heterocycles. The molecule has 3 saturated carbocycles. The fourth-order valence-electron chi connectivity index (χ4n) is 12.4. The molecule has 318 valence electrons. The summed E-state index contributed by atoms with van der Waals surface area (Å²) in [4.78, 5) is 2.63. The number of benzene rings is 8. The summed E-state index contributed by atoms with van der Waals surface area (Å²) in [5.41, 5.74) is 13.3. The van der Waals surface area contributed by atoms with E-state index in [2.05, 4.69) is 163 Å². The molecule has 3 fully saturated rings. The summed E-state index contributed by atoms with van der Waals surface area (Å²) in [6.45, 7) is 0. The largest absolute Gasteiger partial charge is 0.309 e. The fourth-order valence-corrected chi connectivity index (χ4v) is 13.5. The van der Waals surface area contributed by atoms with Crippen molar-refractivity contribution in [2.75, 3.05) is 4.90 Å². The molecule has 0 unspecified atom stereocenters. The van der Waals surface area contributed by atoms with E-state index in [1.807, 2.05) is 11.3 Å². The predicted molar refractivity (Wildman–Crippen MR) is 277 cm³/mol. The average Bonchev–Trinajstić information content (AvgIpc) is 3.75. The molecule has 0 atom stereocenters. The Labute approximate surface area is 383 Å². The predicted octanol–water partition coefficient (Wildman–Crippen LogP) is 19.3. The minimum atomic E-state index is 0.615. The minimum Gasteiger partial charge on any atom is -0.309 e. The highest BCUT2D eigenvalue weighted by Gasteiger charge is 2.26. The number of anilines is 3. The lowest BCUT2D eigenvalue weighted by Crippen LogP contribution is -2.13. The van der Waals surface area contributed by atoms with Gasteiger partial charge in [0.2, 0.25) is 0 Å². The van der Waals surface area contributed by atoms with Crippen LogP contribution in [0.2, 0.25) is 0 Å². The second-order valence-corrected chi connectivity index (χ2v) is 20.5. The van der Waals surface area contributed by atoms with E-state index in [9.17, 15) is 0 Å². The van der Waals surface area contributed by atoms with E-state index in [4.69, 9.17) is 0 Å². The summed E-state index contributed by atoms with van der Waals surface area (Å²) in [7, 11) is 0. The first-order valence-electron chi connectivity index (χ1n) is 24.7. The molecule has 3 aliphatic rings. The van der Waals surface area contributed by atoms with Crippen LogP contribution in [0.3, 0.4) is 0 Å². The number of hydrogen-bond donors (Lipinski definition) is 0. The molecule has 0 spiro atoms. The van der Waals surface area contributed by atoms with Gasteiger partial charge in [-0.25, -0.2) is 0 Å². The van der Waals surface area contributed by atoms with E-state index in [1.165, 1.54) is 188 Å². The molecule has 12 rings (SSSR count). The van der Waals surface area contributed by atoms with Crippen LogP contribution in [0.5, 0.6) is 0 Å². The molecular formula is C62H59NS. The molecule has 2 heteroatoms. The molecule has 64 heavy (non-hydrogen) atoms. The number of fused-ring (bicyclic) bond motifs is 5. The van der Waals surface area contributed by atoms with Crippen LogP contribution in [0.1, 0.15) is 131 Å². The summed E-state index contributed by atoms with van der Waals surface area (Å²) in [6.07, 6.45) is 20.0. The number of para-hydroxylation sites is 1. The summed E-state index contributed by atoms with van der Waals surface area (Å²) >= 11 is 1.97. The highest BCUT2D eigenvalue weighted by Crippen LogP contribution is 2.51. The number of hydrogen-bond acceptors (Lipinski definition) is 2. The van der Waals surface area contributed by atoms with Gasteiger partial charge in [-0.05, 0) is 136 Å². The van der Waals surface area contributed by atoms with Crippen molar-refractivity contribution in [2.24, 2.45) is 0 Å². The highest BCUT2D eigenvalue weighted by molar-refractivity contribution is 7.25. The molecule has 0 aliphatic heterocycles. The zero-order valence-corrected chi connectivity index (χ0v) is 38.0. The van der Waals surface area contributed by atoms with Crippen molar-refractivity contribution in [1.82, 2.24) is 0 Å². The lowest BCUT2D eigenvalue weighted by atomic mass is 9.82. The molecule has 0 saturated heterocycles. The number of rotatable bonds is 8. The van der Waals surface area contributed by atoms with Gasteiger partial charge in [0.05, 0.1) is 11.4 Å². The maximum atomic E-state index is 2.63. The molecule has 0 N–H and O–H groups in total. The summed E-state index contributed by atoms with van der Waals surface area (Å²) in [6, 6.07) is 61.6. The molecule has 0 bridgehead atoms. The van der Waals surface area contributed by atoms with Crippen LogP contribution in [0.15, 0.2) is 158 Å². The molecule has 1 nitrogen and oxygen atoms in total. The third-order valence-corrected chi connectivity index (χ3v) is 16.8. The van der Waals surface area contributed by atoms with Crippen molar-refractivity contribution in [3.05, 3.63) is 174 Å². The third kappa shape index (κ3) is 7.33. The first kappa shape index (κ1) is 39.9. The van der Waals surface area contributed by atoms with Gasteiger partial charge in [-0.15, -0.1) is 11.3 Å². The normalized spacial score (nSPS) is 16.9. The number of nitrogens with zero attached hydrogens (tertiary/aromatic N) is 1. The van der Waals surface area contributed by atoms with Gasteiger partial charge >= 0.3 is 0 Å². The van der Waals surface area contributed by atoms with E-state index in [0.717, 1.165) is 0 Å². The topological polar surface area (TPSA) is 3.24 Å². The molecule has 3 aliphatic carbocycles. The smallest absolute Gasteiger partial charge is 0.0546 e. The van der Waals surface area contributed by atoms with Crippen molar-refractivity contribution in [3.8, 4) is 22.3 Å². The van der Waals surface area contributed by atoms with Crippen molar-refractivity contribution >= 4 is 70.1 Å². The van der Waals surface area contributed by atoms with E-state index < -0.39 is 0 Å². The van der Waals surface area contributed by atoms with Gasteiger partial charge in [0.1, 0.15) is 0 Å². The Hall–Kier alpha value is -5.70. The summed E-state index contributed by atoms with van der Waals surface area (Å²) in [5, 5.41) is 8.11. The van der Waals surface area contributed by atoms with Gasteiger partial charge in [-0.1, -0.05) is 185 Å². The molecule has 9 aromatic rings. The first-order valence-corrected chi connectivity index (χ1v) is 25.6. The fraction of sp³-hybridized carbons (Fsp3) is 0.290. The van der Waals surface area contributed by atoms with E-state index in [1.54, 1.807) is 5.56 Å². The average molecular weight is 850 g/mol. The quantitative estimate of drug-likeness (QED) is 0.147. The zero-order valence-electron chi connectivity index (χ0n) is 37.2. The summed E-state index contributed by atoms with van der Waals surface area (Å²) in [5.74, 6) is 1.95. The molecule has 0 amide bonds. The third-order valence-electron chi connectivity index (χ3n) is 15.7. The second kappa shape index (κ2) is 17.4. The summed E-state index contributed by atoms with van der Waals surface area (Å²) < 4.78 is 2.78. The molecule has 0 radical (unpaired) electrons. The van der Waals surface area contributed by atoms with Gasteiger partial charge in [0.15, 0.2) is 0 Å². The Bertz CT molecular complexity index is 3110. The van der Waals surface area contributed by atoms with Crippen molar-refractivity contribution < 1.29 is 0 Å². The Kier molecular flexibility index (Phi) is 10.8. The van der Waals surface area contributed by atoms with E-state index in [0.29, 0.717) is 17.8 Å². The van der Waals surface area contributed by atoms with Gasteiger partial charge in [-0.2, -0.15) is 0 Å². The van der Waals surface area contributed by atoms with Crippen LogP contribution >= 0.6 is 11.3 Å². The van der Waals surface area contributed by atoms with Gasteiger partial charge in [0, 0.05) is 37.0 Å². The van der Waals surface area contributed by atoms with Gasteiger partial charge < -0.3 is 4.90 Å². The van der Waals surface area contributed by atoms with Crippen molar-refractivity contribution in [3.63, 3.8) is 0 Å². The Morgan fingerprint density at radius 2 is 1.02 bits per heavy atom. The monoisotopic (exact) mass is 849 g/mol. The van der Waals surface area contributed by atoms with Crippen LogP contribution in [0.4, 0.5) is 17.1 Å². The zero-order chi connectivity index (χ0) is 42.4.